The van der Waals surface area contributed by atoms with Crippen molar-refractivity contribution in [2.45, 2.75) is 23.6 Å². The van der Waals surface area contributed by atoms with Crippen LogP contribution in [0.4, 0.5) is 4.39 Å². The van der Waals surface area contributed by atoms with Gasteiger partial charge in [-0.2, -0.15) is 0 Å². The highest BCUT2D eigenvalue weighted by molar-refractivity contribution is 7.99. The summed E-state index contributed by atoms with van der Waals surface area (Å²) in [6, 6.07) is 3.01. The highest BCUT2D eigenvalue weighted by Crippen LogP contribution is 2.25. The van der Waals surface area contributed by atoms with Crippen LogP contribution in [0.3, 0.4) is 0 Å². The molecule has 72 valence electrons. The van der Waals surface area contributed by atoms with Gasteiger partial charge >= 0.3 is 0 Å². The number of hydrogen-bond donors (Lipinski definition) is 0. The third kappa shape index (κ3) is 3.53. The second kappa shape index (κ2) is 5.45. The molecule has 0 spiro atoms. The molecular weight excluding hydrogens is 209 g/mol. The lowest BCUT2D eigenvalue weighted by Crippen LogP contribution is -1.98. The van der Waals surface area contributed by atoms with E-state index in [1.54, 1.807) is 12.3 Å². The van der Waals surface area contributed by atoms with E-state index < -0.39 is 0 Å². The number of alkyl halides is 1. The maximum atomic E-state index is 13.1. The lowest BCUT2D eigenvalue weighted by Gasteiger charge is -2.08. The largest absolute Gasteiger partial charge is 0.247 e. The minimum absolute atomic E-state index is 0.256. The number of rotatable bonds is 4. The van der Waals surface area contributed by atoms with Gasteiger partial charge in [0.25, 0.3) is 0 Å². The molecule has 0 amide bonds. The molecule has 0 bridgehead atoms. The van der Waals surface area contributed by atoms with Crippen LogP contribution in [-0.2, 0) is 0 Å². The quantitative estimate of drug-likeness (QED) is 0.569. The Hall–Kier alpha value is -0.280. The van der Waals surface area contributed by atoms with Crippen LogP contribution in [0.25, 0.3) is 0 Å². The van der Waals surface area contributed by atoms with Crippen molar-refractivity contribution in [3.05, 3.63) is 24.1 Å². The highest BCUT2D eigenvalue weighted by Gasteiger charge is 2.08. The first-order valence-electron chi connectivity index (χ1n) is 4.07. The highest BCUT2D eigenvalue weighted by atomic mass is 35.5. The molecule has 0 aromatic carbocycles. The van der Waals surface area contributed by atoms with Gasteiger partial charge in [0.15, 0.2) is 5.82 Å². The number of nitrogens with zero attached hydrogens (tertiary/aromatic N) is 1. The van der Waals surface area contributed by atoms with Crippen LogP contribution in [0, 0.1) is 5.82 Å². The molecule has 1 atom stereocenters. The Morgan fingerprint density at radius 1 is 1.69 bits per heavy atom. The third-order valence-electron chi connectivity index (χ3n) is 1.55. The molecule has 0 N–H and O–H groups in total. The van der Waals surface area contributed by atoms with E-state index in [0.29, 0.717) is 16.2 Å². The molecule has 0 radical (unpaired) electrons. The van der Waals surface area contributed by atoms with E-state index in [1.165, 1.54) is 17.8 Å². The van der Waals surface area contributed by atoms with Crippen molar-refractivity contribution in [3.8, 4) is 0 Å². The fraction of sp³-hybridized carbons (Fsp3) is 0.444. The van der Waals surface area contributed by atoms with Gasteiger partial charge in [-0.25, -0.2) is 9.37 Å². The second-order valence-electron chi connectivity index (χ2n) is 2.70. The molecule has 13 heavy (non-hydrogen) atoms. The summed E-state index contributed by atoms with van der Waals surface area (Å²) in [4.78, 5) is 3.95. The van der Waals surface area contributed by atoms with Crippen LogP contribution in [0.2, 0.25) is 0 Å². The van der Waals surface area contributed by atoms with Crippen LogP contribution >= 0.6 is 23.4 Å². The average Bonchev–Trinajstić information content (AvgIpc) is 2.09. The Labute approximate surface area is 86.7 Å². The Balaban J connectivity index is 2.58. The van der Waals surface area contributed by atoms with Gasteiger partial charge in [-0.1, -0.05) is 6.92 Å². The Morgan fingerprint density at radius 2 is 2.46 bits per heavy atom. The molecule has 0 saturated heterocycles. The maximum absolute atomic E-state index is 13.1. The number of hydrogen-bond acceptors (Lipinski definition) is 2. The number of thioether (sulfide) groups is 1. The average molecular weight is 220 g/mol. The van der Waals surface area contributed by atoms with Crippen molar-refractivity contribution >= 4 is 23.4 Å². The van der Waals surface area contributed by atoms with Crippen molar-refractivity contribution in [1.29, 1.82) is 0 Å². The van der Waals surface area contributed by atoms with Gasteiger partial charge in [0, 0.05) is 17.3 Å². The van der Waals surface area contributed by atoms with E-state index in [-0.39, 0.29) is 5.82 Å². The van der Waals surface area contributed by atoms with Gasteiger partial charge in [-0.15, -0.1) is 23.4 Å². The van der Waals surface area contributed by atoms with E-state index in [0.717, 1.165) is 6.42 Å². The van der Waals surface area contributed by atoms with Gasteiger partial charge in [0.05, 0.1) is 0 Å². The fourth-order valence-corrected chi connectivity index (χ4v) is 2.24. The van der Waals surface area contributed by atoms with E-state index in [1.807, 2.05) is 6.92 Å². The van der Waals surface area contributed by atoms with Crippen LogP contribution in [-0.4, -0.2) is 16.1 Å². The smallest absolute Gasteiger partial charge is 0.155 e. The third-order valence-corrected chi connectivity index (χ3v) is 2.93. The molecule has 0 aliphatic carbocycles. The van der Waals surface area contributed by atoms with Crippen LogP contribution in [0.1, 0.15) is 13.3 Å². The SMILES string of the molecule is CC(CCCl)Sc1ncccc1F. The predicted octanol–water partition coefficient (Wildman–Crippen LogP) is 3.33. The first kappa shape index (κ1) is 10.8. The second-order valence-corrected chi connectivity index (χ2v) is 4.50. The number of halogens is 2. The van der Waals surface area contributed by atoms with Gasteiger partial charge < -0.3 is 0 Å². The monoisotopic (exact) mass is 219 g/mol. The van der Waals surface area contributed by atoms with E-state index in [9.17, 15) is 4.39 Å². The molecule has 1 unspecified atom stereocenters. The molecule has 4 heteroatoms. The van der Waals surface area contributed by atoms with Gasteiger partial charge in [-0.3, -0.25) is 0 Å². The van der Waals surface area contributed by atoms with Crippen LogP contribution in [0.5, 0.6) is 0 Å². The topological polar surface area (TPSA) is 12.9 Å². The summed E-state index contributed by atoms with van der Waals surface area (Å²) in [7, 11) is 0. The van der Waals surface area contributed by atoms with E-state index in [2.05, 4.69) is 4.98 Å². The summed E-state index contributed by atoms with van der Waals surface area (Å²) in [6.07, 6.45) is 2.46. The molecule has 1 heterocycles. The Kier molecular flexibility index (Phi) is 4.53. The molecule has 0 aliphatic rings. The summed E-state index contributed by atoms with van der Waals surface area (Å²) >= 11 is 7.00. The van der Waals surface area contributed by atoms with E-state index >= 15 is 0 Å². The zero-order chi connectivity index (χ0) is 9.68. The molecular formula is C9H11ClFNS. The first-order valence-corrected chi connectivity index (χ1v) is 5.48. The summed E-state index contributed by atoms with van der Waals surface area (Å²) < 4.78 is 13.1. The zero-order valence-electron chi connectivity index (χ0n) is 7.34. The van der Waals surface area contributed by atoms with Crippen molar-refractivity contribution in [2.24, 2.45) is 0 Å². The van der Waals surface area contributed by atoms with E-state index in [4.69, 9.17) is 11.6 Å². The van der Waals surface area contributed by atoms with Gasteiger partial charge in [-0.05, 0) is 18.6 Å². The summed E-state index contributed by atoms with van der Waals surface area (Å²) in [6.45, 7) is 2.02. The molecule has 1 aromatic heterocycles. The van der Waals surface area contributed by atoms with Crippen molar-refractivity contribution < 1.29 is 4.39 Å². The van der Waals surface area contributed by atoms with Crippen molar-refractivity contribution in [2.75, 3.05) is 5.88 Å². The molecule has 0 aliphatic heterocycles. The molecule has 1 rings (SSSR count). The Morgan fingerprint density at radius 3 is 3.08 bits per heavy atom. The standard InChI is InChI=1S/C9H11ClFNS/c1-7(4-5-10)13-9-8(11)3-2-6-12-9/h2-3,6-7H,4-5H2,1H3. The molecule has 0 fully saturated rings. The predicted molar refractivity (Wildman–Crippen MR) is 54.9 cm³/mol. The first-order chi connectivity index (χ1) is 6.24. The number of aromatic nitrogens is 1. The minimum Gasteiger partial charge on any atom is -0.247 e. The van der Waals surface area contributed by atoms with Crippen LogP contribution < -0.4 is 0 Å². The number of pyridine rings is 1. The summed E-state index contributed by atoms with van der Waals surface area (Å²) in [5, 5.41) is 0.766. The van der Waals surface area contributed by atoms with Crippen molar-refractivity contribution in [3.63, 3.8) is 0 Å². The van der Waals surface area contributed by atoms with Crippen molar-refractivity contribution in [1.82, 2.24) is 4.98 Å². The molecule has 0 saturated carbocycles. The maximum Gasteiger partial charge on any atom is 0.155 e. The lowest BCUT2D eigenvalue weighted by molar-refractivity contribution is 0.587. The summed E-state index contributed by atoms with van der Waals surface area (Å²) in [5.41, 5.74) is 0. The molecule has 1 nitrogen and oxygen atoms in total. The zero-order valence-corrected chi connectivity index (χ0v) is 8.91. The van der Waals surface area contributed by atoms with Crippen LogP contribution in [0.15, 0.2) is 23.4 Å². The summed E-state index contributed by atoms with van der Waals surface area (Å²) in [5.74, 6) is 0.344. The fourth-order valence-electron chi connectivity index (χ4n) is 0.861. The van der Waals surface area contributed by atoms with Gasteiger partial charge in [0.1, 0.15) is 5.03 Å². The Bertz CT molecular complexity index is 270. The lowest BCUT2D eigenvalue weighted by atomic mass is 10.4. The minimum atomic E-state index is -0.256. The van der Waals surface area contributed by atoms with Gasteiger partial charge in [0.2, 0.25) is 0 Å². The normalized spacial score (nSPS) is 12.8. The molecule has 1 aromatic rings.